The number of halogens is 1. The smallest absolute Gasteiger partial charge is 0.337 e. The van der Waals surface area contributed by atoms with Crippen LogP contribution in [0.15, 0.2) is 35.0 Å². The number of carboxylic acids is 1. The van der Waals surface area contributed by atoms with E-state index in [0.717, 1.165) is 5.56 Å². The summed E-state index contributed by atoms with van der Waals surface area (Å²) in [5.41, 5.74) is 1.43. The van der Waals surface area contributed by atoms with Gasteiger partial charge in [-0.2, -0.15) is 11.3 Å². The Bertz CT molecular complexity index is 610. The first-order valence-corrected chi connectivity index (χ1v) is 6.72. The fourth-order valence-corrected chi connectivity index (χ4v) is 2.48. The number of anilines is 1. The van der Waals surface area contributed by atoms with Crippen LogP contribution in [0.4, 0.5) is 5.69 Å². The minimum Gasteiger partial charge on any atom is -0.478 e. The molecule has 4 nitrogen and oxygen atoms in total. The van der Waals surface area contributed by atoms with Gasteiger partial charge in [0.2, 0.25) is 5.91 Å². The molecule has 0 unspecified atom stereocenters. The average molecular weight is 296 g/mol. The summed E-state index contributed by atoms with van der Waals surface area (Å²) in [5, 5.41) is 15.4. The monoisotopic (exact) mass is 295 g/mol. The Morgan fingerprint density at radius 1 is 1.32 bits per heavy atom. The summed E-state index contributed by atoms with van der Waals surface area (Å²) in [7, 11) is 0. The van der Waals surface area contributed by atoms with E-state index in [1.165, 1.54) is 29.5 Å². The number of carboxylic acid groups (broad SMARTS) is 1. The lowest BCUT2D eigenvalue weighted by atomic mass is 10.2. The number of thiophene rings is 1. The van der Waals surface area contributed by atoms with Crippen molar-refractivity contribution in [3.8, 4) is 0 Å². The van der Waals surface area contributed by atoms with Gasteiger partial charge in [0.15, 0.2) is 0 Å². The van der Waals surface area contributed by atoms with Gasteiger partial charge in [-0.25, -0.2) is 4.79 Å². The quantitative estimate of drug-likeness (QED) is 0.909. The van der Waals surface area contributed by atoms with Crippen LogP contribution in [-0.2, 0) is 11.2 Å². The molecule has 0 radical (unpaired) electrons. The first-order chi connectivity index (χ1) is 9.06. The van der Waals surface area contributed by atoms with Crippen molar-refractivity contribution in [2.75, 3.05) is 5.32 Å². The molecule has 2 aromatic rings. The van der Waals surface area contributed by atoms with Crippen molar-refractivity contribution in [3.05, 3.63) is 51.2 Å². The summed E-state index contributed by atoms with van der Waals surface area (Å²) in [6.07, 6.45) is 0.280. The van der Waals surface area contributed by atoms with Gasteiger partial charge in [0.05, 0.1) is 17.0 Å². The predicted molar refractivity (Wildman–Crippen MR) is 75.1 cm³/mol. The Morgan fingerprint density at radius 2 is 2.11 bits per heavy atom. The molecule has 6 heteroatoms. The molecular formula is C13H10ClNO3S. The summed E-state index contributed by atoms with van der Waals surface area (Å²) in [6, 6.07) is 6.19. The van der Waals surface area contributed by atoms with Crippen molar-refractivity contribution in [2.24, 2.45) is 0 Å². The molecule has 98 valence electrons. The molecule has 0 aliphatic rings. The topological polar surface area (TPSA) is 66.4 Å². The zero-order valence-corrected chi connectivity index (χ0v) is 11.3. The van der Waals surface area contributed by atoms with Crippen LogP contribution in [0.25, 0.3) is 0 Å². The molecular weight excluding hydrogens is 286 g/mol. The number of carbonyl (C=O) groups is 2. The zero-order valence-electron chi connectivity index (χ0n) is 9.72. The van der Waals surface area contributed by atoms with Crippen molar-refractivity contribution in [3.63, 3.8) is 0 Å². The molecule has 0 spiro atoms. The number of hydrogen-bond donors (Lipinski definition) is 2. The van der Waals surface area contributed by atoms with Crippen LogP contribution in [0, 0.1) is 0 Å². The SMILES string of the molecule is O=C(Cc1ccsc1)Nc1ccc(C(=O)O)c(Cl)c1. The van der Waals surface area contributed by atoms with Crippen LogP contribution in [0.3, 0.4) is 0 Å². The number of aromatic carboxylic acids is 1. The number of amides is 1. The van der Waals surface area contributed by atoms with E-state index in [1.54, 1.807) is 0 Å². The van der Waals surface area contributed by atoms with Gasteiger partial charge in [-0.05, 0) is 40.6 Å². The highest BCUT2D eigenvalue weighted by Crippen LogP contribution is 2.21. The molecule has 1 amide bonds. The lowest BCUT2D eigenvalue weighted by Crippen LogP contribution is -2.14. The second-order valence-electron chi connectivity index (χ2n) is 3.86. The van der Waals surface area contributed by atoms with Crippen LogP contribution in [0.5, 0.6) is 0 Å². The van der Waals surface area contributed by atoms with Crippen molar-refractivity contribution in [1.82, 2.24) is 0 Å². The van der Waals surface area contributed by atoms with Crippen LogP contribution >= 0.6 is 22.9 Å². The molecule has 1 aromatic heterocycles. The average Bonchev–Trinajstić information content (AvgIpc) is 2.81. The van der Waals surface area contributed by atoms with Gasteiger partial charge < -0.3 is 10.4 Å². The van der Waals surface area contributed by atoms with Gasteiger partial charge in [-0.1, -0.05) is 11.6 Å². The highest BCUT2D eigenvalue weighted by molar-refractivity contribution is 7.08. The number of carbonyl (C=O) groups excluding carboxylic acids is 1. The van der Waals surface area contributed by atoms with Gasteiger partial charge in [-0.3, -0.25) is 4.79 Å². The molecule has 1 heterocycles. The summed E-state index contributed by atoms with van der Waals surface area (Å²) in [6.45, 7) is 0. The first-order valence-electron chi connectivity index (χ1n) is 5.40. The second-order valence-corrected chi connectivity index (χ2v) is 5.04. The van der Waals surface area contributed by atoms with Gasteiger partial charge >= 0.3 is 5.97 Å². The van der Waals surface area contributed by atoms with E-state index < -0.39 is 5.97 Å². The number of rotatable bonds is 4. The molecule has 2 N–H and O–H groups in total. The minimum atomic E-state index is -1.10. The molecule has 0 saturated heterocycles. The maximum absolute atomic E-state index is 11.7. The van der Waals surface area contributed by atoms with E-state index in [0.29, 0.717) is 5.69 Å². The van der Waals surface area contributed by atoms with E-state index in [4.69, 9.17) is 16.7 Å². The lowest BCUT2D eigenvalue weighted by molar-refractivity contribution is -0.115. The van der Waals surface area contributed by atoms with Crippen molar-refractivity contribution < 1.29 is 14.7 Å². The summed E-state index contributed by atoms with van der Waals surface area (Å²) >= 11 is 7.35. The Balaban J connectivity index is 2.05. The standard InChI is InChI=1S/C13H10ClNO3S/c14-11-6-9(1-2-10(11)13(17)18)15-12(16)5-8-3-4-19-7-8/h1-4,6-7H,5H2,(H,15,16)(H,17,18). The Kier molecular flexibility index (Phi) is 4.19. The van der Waals surface area contributed by atoms with Gasteiger partial charge in [0.25, 0.3) is 0 Å². The highest BCUT2D eigenvalue weighted by atomic mass is 35.5. The molecule has 2 rings (SSSR count). The third-order valence-electron chi connectivity index (χ3n) is 2.43. The normalized spacial score (nSPS) is 10.2. The number of benzene rings is 1. The van der Waals surface area contributed by atoms with Crippen LogP contribution in [-0.4, -0.2) is 17.0 Å². The fraction of sp³-hybridized carbons (Fsp3) is 0.0769. The minimum absolute atomic E-state index is 0.0116. The third-order valence-corrected chi connectivity index (χ3v) is 3.47. The lowest BCUT2D eigenvalue weighted by Gasteiger charge is -2.06. The number of nitrogens with one attached hydrogen (secondary N) is 1. The van der Waals surface area contributed by atoms with E-state index >= 15 is 0 Å². The fourth-order valence-electron chi connectivity index (χ4n) is 1.55. The van der Waals surface area contributed by atoms with Gasteiger partial charge in [-0.15, -0.1) is 0 Å². The summed E-state index contributed by atoms with van der Waals surface area (Å²) < 4.78 is 0. The van der Waals surface area contributed by atoms with Crippen LogP contribution < -0.4 is 5.32 Å². The Hall–Kier alpha value is -1.85. The summed E-state index contributed by atoms with van der Waals surface area (Å²) in [5.74, 6) is -1.27. The molecule has 0 bridgehead atoms. The number of hydrogen-bond acceptors (Lipinski definition) is 3. The van der Waals surface area contributed by atoms with Crippen molar-refractivity contribution in [1.29, 1.82) is 0 Å². The molecule has 0 aliphatic heterocycles. The largest absolute Gasteiger partial charge is 0.478 e. The molecule has 1 aromatic carbocycles. The Labute approximate surface area is 118 Å². The maximum Gasteiger partial charge on any atom is 0.337 e. The van der Waals surface area contributed by atoms with E-state index in [9.17, 15) is 9.59 Å². The first kappa shape index (κ1) is 13.6. The molecule has 0 atom stereocenters. The van der Waals surface area contributed by atoms with Crippen LogP contribution in [0.2, 0.25) is 5.02 Å². The predicted octanol–water partition coefficient (Wildman–Crippen LogP) is 3.28. The van der Waals surface area contributed by atoms with E-state index in [1.807, 2.05) is 16.8 Å². The molecule has 19 heavy (non-hydrogen) atoms. The second kappa shape index (κ2) is 5.86. The van der Waals surface area contributed by atoms with Crippen molar-refractivity contribution in [2.45, 2.75) is 6.42 Å². The molecule has 0 aliphatic carbocycles. The van der Waals surface area contributed by atoms with Crippen LogP contribution in [0.1, 0.15) is 15.9 Å². The molecule has 0 saturated carbocycles. The van der Waals surface area contributed by atoms with Gasteiger partial charge in [0.1, 0.15) is 0 Å². The zero-order chi connectivity index (χ0) is 13.8. The van der Waals surface area contributed by atoms with Crippen molar-refractivity contribution >= 4 is 40.5 Å². The van der Waals surface area contributed by atoms with E-state index in [2.05, 4.69) is 5.32 Å². The maximum atomic E-state index is 11.7. The Morgan fingerprint density at radius 3 is 2.68 bits per heavy atom. The third kappa shape index (κ3) is 3.56. The highest BCUT2D eigenvalue weighted by Gasteiger charge is 2.10. The van der Waals surface area contributed by atoms with E-state index in [-0.39, 0.29) is 22.9 Å². The molecule has 0 fully saturated rings. The summed E-state index contributed by atoms with van der Waals surface area (Å²) in [4.78, 5) is 22.5. The van der Waals surface area contributed by atoms with Gasteiger partial charge in [0, 0.05) is 5.69 Å².